The first-order chi connectivity index (χ1) is 10.6. The Bertz CT molecular complexity index is 654. The largest absolute Gasteiger partial charge is 0.490 e. The number of hydrogen-bond donors (Lipinski definition) is 2. The summed E-state index contributed by atoms with van der Waals surface area (Å²) >= 11 is 0. The number of para-hydroxylation sites is 1. The molecule has 5 heteroatoms. The van der Waals surface area contributed by atoms with E-state index in [1.54, 1.807) is 24.3 Å². The Morgan fingerprint density at radius 2 is 1.77 bits per heavy atom. The van der Waals surface area contributed by atoms with Gasteiger partial charge in [-0.3, -0.25) is 4.79 Å². The van der Waals surface area contributed by atoms with Crippen LogP contribution in [-0.4, -0.2) is 19.1 Å². The van der Waals surface area contributed by atoms with Crippen molar-refractivity contribution in [2.75, 3.05) is 18.9 Å². The Labute approximate surface area is 129 Å². The number of carbonyl (C=O) groups is 1. The van der Waals surface area contributed by atoms with Gasteiger partial charge < -0.3 is 20.9 Å². The van der Waals surface area contributed by atoms with Crippen molar-refractivity contribution in [2.24, 2.45) is 5.73 Å². The van der Waals surface area contributed by atoms with Crippen LogP contribution in [0.1, 0.15) is 5.56 Å². The van der Waals surface area contributed by atoms with Gasteiger partial charge >= 0.3 is 0 Å². The van der Waals surface area contributed by atoms with Gasteiger partial charge in [-0.1, -0.05) is 24.3 Å². The summed E-state index contributed by atoms with van der Waals surface area (Å²) in [4.78, 5) is 10.7. The van der Waals surface area contributed by atoms with Gasteiger partial charge in [0.05, 0.1) is 5.69 Å². The summed E-state index contributed by atoms with van der Waals surface area (Å²) < 4.78 is 11.1. The number of hydrogen-bond acceptors (Lipinski definition) is 4. The van der Waals surface area contributed by atoms with E-state index in [2.05, 4.69) is 0 Å². The average molecular weight is 298 g/mol. The van der Waals surface area contributed by atoms with Crippen molar-refractivity contribution in [2.45, 2.75) is 0 Å². The summed E-state index contributed by atoms with van der Waals surface area (Å²) in [5.41, 5.74) is 12.2. The lowest BCUT2D eigenvalue weighted by Crippen LogP contribution is -2.10. The molecule has 0 radical (unpaired) electrons. The van der Waals surface area contributed by atoms with Gasteiger partial charge in [-0.2, -0.15) is 0 Å². The third-order valence-electron chi connectivity index (χ3n) is 2.83. The standard InChI is InChI=1S/C17H18N2O3/c18-15-12-13(7-9-17(19)20)6-8-16(15)22-11-10-21-14-4-2-1-3-5-14/h1-9,12H,10-11,18H2,(H2,19,20)/b9-7-. The van der Waals surface area contributed by atoms with Crippen molar-refractivity contribution in [3.63, 3.8) is 0 Å². The molecule has 5 nitrogen and oxygen atoms in total. The molecule has 114 valence electrons. The van der Waals surface area contributed by atoms with Crippen LogP contribution in [0.4, 0.5) is 5.69 Å². The molecule has 2 aromatic carbocycles. The molecule has 2 rings (SSSR count). The maximum Gasteiger partial charge on any atom is 0.241 e. The highest BCUT2D eigenvalue weighted by molar-refractivity contribution is 5.90. The summed E-state index contributed by atoms with van der Waals surface area (Å²) in [5, 5.41) is 0. The molecule has 0 unspecified atom stereocenters. The van der Waals surface area contributed by atoms with Gasteiger partial charge in [0.1, 0.15) is 24.7 Å². The fraction of sp³-hybridized carbons (Fsp3) is 0.118. The molecule has 22 heavy (non-hydrogen) atoms. The number of carbonyl (C=O) groups excluding carboxylic acids is 1. The van der Waals surface area contributed by atoms with Crippen LogP contribution in [0.3, 0.4) is 0 Å². The number of rotatable bonds is 7. The fourth-order valence-electron chi connectivity index (χ4n) is 1.81. The molecule has 0 atom stereocenters. The minimum Gasteiger partial charge on any atom is -0.490 e. The molecule has 0 fully saturated rings. The topological polar surface area (TPSA) is 87.6 Å². The van der Waals surface area contributed by atoms with Crippen LogP contribution in [0, 0.1) is 0 Å². The molecule has 0 aromatic heterocycles. The number of ether oxygens (including phenoxy) is 2. The van der Waals surface area contributed by atoms with Crippen LogP contribution in [0.15, 0.2) is 54.6 Å². The first-order valence-corrected chi connectivity index (χ1v) is 6.83. The first-order valence-electron chi connectivity index (χ1n) is 6.83. The normalized spacial score (nSPS) is 10.5. The molecule has 0 spiro atoms. The highest BCUT2D eigenvalue weighted by atomic mass is 16.5. The molecule has 0 saturated heterocycles. The Kier molecular flexibility index (Phi) is 5.43. The van der Waals surface area contributed by atoms with E-state index >= 15 is 0 Å². The summed E-state index contributed by atoms with van der Waals surface area (Å²) in [6.45, 7) is 0.808. The van der Waals surface area contributed by atoms with E-state index in [1.165, 1.54) is 6.08 Å². The number of amides is 1. The summed E-state index contributed by atoms with van der Waals surface area (Å²) in [6.07, 6.45) is 2.88. The van der Waals surface area contributed by atoms with Crippen molar-refractivity contribution in [3.05, 3.63) is 60.2 Å². The second-order valence-electron chi connectivity index (χ2n) is 4.54. The van der Waals surface area contributed by atoms with E-state index in [4.69, 9.17) is 20.9 Å². The van der Waals surface area contributed by atoms with Gasteiger partial charge in [0.15, 0.2) is 0 Å². The number of primary amides is 1. The van der Waals surface area contributed by atoms with E-state index in [0.29, 0.717) is 24.7 Å². The molecule has 4 N–H and O–H groups in total. The fourth-order valence-corrected chi connectivity index (χ4v) is 1.81. The highest BCUT2D eigenvalue weighted by Crippen LogP contribution is 2.23. The number of benzene rings is 2. The zero-order valence-corrected chi connectivity index (χ0v) is 12.1. The summed E-state index contributed by atoms with van der Waals surface area (Å²) in [6, 6.07) is 14.8. The first kappa shape index (κ1) is 15.4. The van der Waals surface area contributed by atoms with Crippen molar-refractivity contribution >= 4 is 17.7 Å². The molecular formula is C17H18N2O3. The predicted octanol–water partition coefficient (Wildman–Crippen LogP) is 2.23. The van der Waals surface area contributed by atoms with Gasteiger partial charge in [-0.05, 0) is 35.9 Å². The van der Waals surface area contributed by atoms with Crippen molar-refractivity contribution in [1.82, 2.24) is 0 Å². The lowest BCUT2D eigenvalue weighted by molar-refractivity contribution is -0.113. The Morgan fingerprint density at radius 3 is 2.45 bits per heavy atom. The molecular weight excluding hydrogens is 280 g/mol. The van der Waals surface area contributed by atoms with Gasteiger partial charge in [0.2, 0.25) is 5.91 Å². The molecule has 1 amide bonds. The monoisotopic (exact) mass is 298 g/mol. The lowest BCUT2D eigenvalue weighted by Gasteiger charge is -2.10. The number of nitrogen functional groups attached to an aromatic ring is 1. The quantitative estimate of drug-likeness (QED) is 0.466. The third kappa shape index (κ3) is 4.86. The van der Waals surface area contributed by atoms with Crippen LogP contribution >= 0.6 is 0 Å². The third-order valence-corrected chi connectivity index (χ3v) is 2.83. The molecule has 0 aliphatic rings. The van der Waals surface area contributed by atoms with Gasteiger partial charge in [-0.15, -0.1) is 0 Å². The SMILES string of the molecule is NC(=O)/C=C\c1ccc(OCCOc2ccccc2)c(N)c1. The second-order valence-corrected chi connectivity index (χ2v) is 4.54. The van der Waals surface area contributed by atoms with Crippen LogP contribution in [-0.2, 0) is 4.79 Å². The van der Waals surface area contributed by atoms with Crippen LogP contribution < -0.4 is 20.9 Å². The summed E-state index contributed by atoms with van der Waals surface area (Å²) in [5.74, 6) is 0.871. The van der Waals surface area contributed by atoms with E-state index in [-0.39, 0.29) is 0 Å². The smallest absolute Gasteiger partial charge is 0.241 e. The van der Waals surface area contributed by atoms with Crippen molar-refractivity contribution in [3.8, 4) is 11.5 Å². The zero-order valence-electron chi connectivity index (χ0n) is 12.1. The highest BCUT2D eigenvalue weighted by Gasteiger charge is 2.01. The minimum absolute atomic E-state index is 0.384. The van der Waals surface area contributed by atoms with Crippen LogP contribution in [0.25, 0.3) is 6.08 Å². The maximum atomic E-state index is 10.7. The lowest BCUT2D eigenvalue weighted by atomic mass is 10.1. The van der Waals surface area contributed by atoms with Gasteiger partial charge in [-0.25, -0.2) is 0 Å². The zero-order chi connectivity index (χ0) is 15.8. The van der Waals surface area contributed by atoms with Crippen LogP contribution in [0.2, 0.25) is 0 Å². The Morgan fingerprint density at radius 1 is 1.05 bits per heavy atom. The maximum absolute atomic E-state index is 10.7. The molecule has 0 saturated carbocycles. The minimum atomic E-state index is -0.503. The molecule has 0 heterocycles. The molecule has 0 bridgehead atoms. The van der Waals surface area contributed by atoms with E-state index in [0.717, 1.165) is 11.3 Å². The van der Waals surface area contributed by atoms with Gasteiger partial charge in [0, 0.05) is 6.08 Å². The number of nitrogens with two attached hydrogens (primary N) is 2. The molecule has 2 aromatic rings. The second kappa shape index (κ2) is 7.73. The summed E-state index contributed by atoms with van der Waals surface area (Å²) in [7, 11) is 0. The van der Waals surface area contributed by atoms with E-state index in [9.17, 15) is 4.79 Å². The Balaban J connectivity index is 1.84. The van der Waals surface area contributed by atoms with Crippen molar-refractivity contribution in [1.29, 1.82) is 0 Å². The van der Waals surface area contributed by atoms with E-state index in [1.807, 2.05) is 30.3 Å². The Hall–Kier alpha value is -2.95. The number of anilines is 1. The average Bonchev–Trinajstić information content (AvgIpc) is 2.52. The molecule has 0 aliphatic carbocycles. The van der Waals surface area contributed by atoms with Crippen LogP contribution in [0.5, 0.6) is 11.5 Å². The molecule has 0 aliphatic heterocycles. The van der Waals surface area contributed by atoms with Crippen molar-refractivity contribution < 1.29 is 14.3 Å². The van der Waals surface area contributed by atoms with Gasteiger partial charge in [0.25, 0.3) is 0 Å². The predicted molar refractivity (Wildman–Crippen MR) is 86.5 cm³/mol. The van der Waals surface area contributed by atoms with E-state index < -0.39 is 5.91 Å².